The van der Waals surface area contributed by atoms with Gasteiger partial charge in [-0.3, -0.25) is 4.79 Å². The third-order valence-corrected chi connectivity index (χ3v) is 7.10. The van der Waals surface area contributed by atoms with Crippen LogP contribution in [0.1, 0.15) is 67.8 Å². The molecule has 2 aliphatic carbocycles. The molecule has 2 aromatic rings. The Kier molecular flexibility index (Phi) is 4.00. The average molecular weight is 384 g/mol. The van der Waals surface area contributed by atoms with E-state index in [0.29, 0.717) is 16.6 Å². The van der Waals surface area contributed by atoms with Crippen LogP contribution in [-0.2, 0) is 0 Å². The summed E-state index contributed by atoms with van der Waals surface area (Å²) in [7, 11) is 0. The van der Waals surface area contributed by atoms with Crippen molar-refractivity contribution in [2.75, 3.05) is 18.0 Å². The molecule has 1 saturated heterocycles. The maximum absolute atomic E-state index is 15.0. The van der Waals surface area contributed by atoms with Crippen LogP contribution in [0, 0.1) is 11.2 Å². The standard InChI is InChI=1S/C22H25FN2O3/c23-17-11-15-18(25(14-3-4-14)13-16(20(15)26)21(27)28)12-19(17)24-9-7-22(8-10-24)5-1-2-6-22/h11-14H,1-10H2,(H,27,28). The molecule has 2 heterocycles. The maximum Gasteiger partial charge on any atom is 0.341 e. The molecule has 3 fully saturated rings. The predicted molar refractivity (Wildman–Crippen MR) is 106 cm³/mol. The van der Waals surface area contributed by atoms with E-state index in [9.17, 15) is 19.1 Å². The molecule has 148 valence electrons. The summed E-state index contributed by atoms with van der Waals surface area (Å²) in [5, 5.41) is 9.53. The Morgan fingerprint density at radius 2 is 1.79 bits per heavy atom. The summed E-state index contributed by atoms with van der Waals surface area (Å²) in [6.45, 7) is 1.67. The fourth-order valence-electron chi connectivity index (χ4n) is 5.26. The summed E-state index contributed by atoms with van der Waals surface area (Å²) in [5.41, 5.74) is 0.754. The highest BCUT2D eigenvalue weighted by atomic mass is 19.1. The first kappa shape index (κ1) is 17.7. The first-order valence-electron chi connectivity index (χ1n) is 10.3. The number of aromatic carboxylic acids is 1. The highest BCUT2D eigenvalue weighted by Crippen LogP contribution is 2.47. The van der Waals surface area contributed by atoms with Crippen LogP contribution in [0.15, 0.2) is 23.1 Å². The second-order valence-corrected chi connectivity index (χ2v) is 8.83. The van der Waals surface area contributed by atoms with Crippen LogP contribution in [0.3, 0.4) is 0 Å². The van der Waals surface area contributed by atoms with Gasteiger partial charge in [-0.05, 0) is 56.1 Å². The summed E-state index contributed by atoms with van der Waals surface area (Å²) >= 11 is 0. The smallest absolute Gasteiger partial charge is 0.341 e. The Hall–Kier alpha value is -2.37. The van der Waals surface area contributed by atoms with E-state index in [1.54, 1.807) is 6.07 Å². The Morgan fingerprint density at radius 1 is 1.11 bits per heavy atom. The van der Waals surface area contributed by atoms with Crippen molar-refractivity contribution >= 4 is 22.6 Å². The van der Waals surface area contributed by atoms with Gasteiger partial charge in [0.1, 0.15) is 11.4 Å². The number of fused-ring (bicyclic) bond motifs is 1. The average Bonchev–Trinajstić information content (AvgIpc) is 3.43. The van der Waals surface area contributed by atoms with Crippen molar-refractivity contribution in [3.8, 4) is 0 Å². The van der Waals surface area contributed by atoms with Crippen molar-refractivity contribution in [2.24, 2.45) is 5.41 Å². The summed E-state index contributed by atoms with van der Waals surface area (Å²) in [4.78, 5) is 26.2. The van der Waals surface area contributed by atoms with Gasteiger partial charge < -0.3 is 14.6 Å². The molecule has 6 heteroatoms. The molecular formula is C22H25FN2O3. The minimum Gasteiger partial charge on any atom is -0.477 e. The molecule has 2 saturated carbocycles. The molecule has 0 amide bonds. The predicted octanol–water partition coefficient (Wildman–Crippen LogP) is 4.33. The number of pyridine rings is 1. The number of benzene rings is 1. The van der Waals surface area contributed by atoms with E-state index in [0.717, 1.165) is 38.8 Å². The normalized spacial score (nSPS) is 21.5. The van der Waals surface area contributed by atoms with Gasteiger partial charge in [0, 0.05) is 30.7 Å². The minimum absolute atomic E-state index is 0.164. The zero-order valence-corrected chi connectivity index (χ0v) is 15.9. The molecule has 0 bridgehead atoms. The zero-order chi connectivity index (χ0) is 19.5. The Bertz CT molecular complexity index is 1010. The number of rotatable bonds is 3. The SMILES string of the molecule is O=C(O)c1cn(C2CC2)c2cc(N3CCC4(CCCC4)CC3)c(F)cc2c1=O. The highest BCUT2D eigenvalue weighted by molar-refractivity contribution is 5.93. The van der Waals surface area contributed by atoms with Crippen molar-refractivity contribution in [3.63, 3.8) is 0 Å². The van der Waals surface area contributed by atoms with Crippen molar-refractivity contribution in [1.82, 2.24) is 4.57 Å². The highest BCUT2D eigenvalue weighted by Gasteiger charge is 2.37. The fourth-order valence-corrected chi connectivity index (χ4v) is 5.26. The van der Waals surface area contributed by atoms with Crippen LogP contribution in [-0.4, -0.2) is 28.7 Å². The Morgan fingerprint density at radius 3 is 2.39 bits per heavy atom. The molecular weight excluding hydrogens is 359 g/mol. The monoisotopic (exact) mass is 384 g/mol. The van der Waals surface area contributed by atoms with Gasteiger partial charge in [0.15, 0.2) is 0 Å². The van der Waals surface area contributed by atoms with E-state index in [2.05, 4.69) is 4.90 Å². The molecule has 1 aromatic carbocycles. The number of carboxylic acids is 1. The first-order chi connectivity index (χ1) is 13.5. The quantitative estimate of drug-likeness (QED) is 0.855. The molecule has 0 unspecified atom stereocenters. The molecule has 1 aromatic heterocycles. The van der Waals surface area contributed by atoms with Crippen LogP contribution >= 0.6 is 0 Å². The Labute approximate surface area is 162 Å². The molecule has 1 spiro atoms. The van der Waals surface area contributed by atoms with Gasteiger partial charge in [-0.1, -0.05) is 12.8 Å². The van der Waals surface area contributed by atoms with E-state index >= 15 is 0 Å². The zero-order valence-electron chi connectivity index (χ0n) is 15.9. The van der Waals surface area contributed by atoms with Crippen molar-refractivity contribution < 1.29 is 14.3 Å². The van der Waals surface area contributed by atoms with Gasteiger partial charge in [-0.15, -0.1) is 0 Å². The van der Waals surface area contributed by atoms with E-state index in [1.165, 1.54) is 37.9 Å². The lowest BCUT2D eigenvalue weighted by Crippen LogP contribution is -2.39. The van der Waals surface area contributed by atoms with Crippen LogP contribution < -0.4 is 10.3 Å². The fraction of sp³-hybridized carbons (Fsp3) is 0.545. The summed E-state index contributed by atoms with van der Waals surface area (Å²) in [6.07, 6.45) is 10.7. The number of nitrogens with zero attached hydrogens (tertiary/aromatic N) is 2. The molecule has 5 rings (SSSR count). The third-order valence-electron chi connectivity index (χ3n) is 7.10. The lowest BCUT2D eigenvalue weighted by molar-refractivity contribution is 0.0695. The molecule has 0 radical (unpaired) electrons. The molecule has 3 aliphatic rings. The van der Waals surface area contributed by atoms with Crippen molar-refractivity contribution in [3.05, 3.63) is 39.9 Å². The molecule has 28 heavy (non-hydrogen) atoms. The van der Waals surface area contributed by atoms with E-state index in [1.807, 2.05) is 4.57 Å². The number of carboxylic acid groups (broad SMARTS) is 1. The van der Waals surface area contributed by atoms with Gasteiger partial charge in [-0.2, -0.15) is 0 Å². The van der Waals surface area contributed by atoms with Gasteiger partial charge in [0.25, 0.3) is 0 Å². The van der Waals surface area contributed by atoms with Crippen molar-refractivity contribution in [2.45, 2.75) is 57.4 Å². The number of hydrogen-bond donors (Lipinski definition) is 1. The largest absolute Gasteiger partial charge is 0.477 e. The lowest BCUT2D eigenvalue weighted by Gasteiger charge is -2.40. The molecule has 5 nitrogen and oxygen atoms in total. The van der Waals surface area contributed by atoms with Gasteiger partial charge in [0.2, 0.25) is 5.43 Å². The van der Waals surface area contributed by atoms with Crippen LogP contribution in [0.2, 0.25) is 0 Å². The molecule has 1 aliphatic heterocycles. The lowest BCUT2D eigenvalue weighted by atomic mass is 9.77. The number of piperidine rings is 1. The van der Waals surface area contributed by atoms with Crippen LogP contribution in [0.4, 0.5) is 10.1 Å². The van der Waals surface area contributed by atoms with Crippen LogP contribution in [0.25, 0.3) is 10.9 Å². The van der Waals surface area contributed by atoms with Gasteiger partial charge in [-0.25, -0.2) is 9.18 Å². The first-order valence-corrected chi connectivity index (χ1v) is 10.3. The summed E-state index contributed by atoms with van der Waals surface area (Å²) < 4.78 is 16.9. The number of halogens is 1. The summed E-state index contributed by atoms with van der Waals surface area (Å²) in [5.74, 6) is -1.69. The van der Waals surface area contributed by atoms with Crippen LogP contribution in [0.5, 0.6) is 0 Å². The molecule has 0 atom stereocenters. The summed E-state index contributed by atoms with van der Waals surface area (Å²) in [6, 6.07) is 3.21. The minimum atomic E-state index is -1.26. The topological polar surface area (TPSA) is 62.5 Å². The third kappa shape index (κ3) is 2.81. The van der Waals surface area contributed by atoms with Crippen molar-refractivity contribution in [1.29, 1.82) is 0 Å². The second kappa shape index (κ2) is 6.33. The number of aromatic nitrogens is 1. The second-order valence-electron chi connectivity index (χ2n) is 8.83. The molecule has 1 N–H and O–H groups in total. The van der Waals surface area contributed by atoms with E-state index in [4.69, 9.17) is 0 Å². The Balaban J connectivity index is 1.57. The van der Waals surface area contributed by atoms with E-state index in [-0.39, 0.29) is 17.0 Å². The van der Waals surface area contributed by atoms with E-state index < -0.39 is 17.2 Å². The maximum atomic E-state index is 15.0. The number of carbonyl (C=O) groups is 1. The van der Waals surface area contributed by atoms with Gasteiger partial charge in [0.05, 0.1) is 11.2 Å². The number of anilines is 1. The number of hydrogen-bond acceptors (Lipinski definition) is 3. The van der Waals surface area contributed by atoms with Gasteiger partial charge >= 0.3 is 5.97 Å².